The van der Waals surface area contributed by atoms with Crippen LogP contribution in [-0.4, -0.2) is 20.3 Å². The van der Waals surface area contributed by atoms with Crippen molar-refractivity contribution in [3.05, 3.63) is 0 Å². The van der Waals surface area contributed by atoms with E-state index in [-0.39, 0.29) is 0 Å². The van der Waals surface area contributed by atoms with Gasteiger partial charge in [-0.25, -0.2) is 0 Å². The van der Waals surface area contributed by atoms with Crippen molar-refractivity contribution in [2.45, 2.75) is 51.7 Å². The van der Waals surface area contributed by atoms with Crippen LogP contribution in [0.5, 0.6) is 0 Å². The zero-order chi connectivity index (χ0) is 11.7. The molecular formula is C12H25BrOSi. The Bertz CT molecular complexity index is 210. The van der Waals surface area contributed by atoms with Gasteiger partial charge in [0.15, 0.2) is 8.32 Å². The molecule has 0 bridgehead atoms. The molecule has 0 amide bonds. The normalized spacial score (nSPS) is 26.8. The summed E-state index contributed by atoms with van der Waals surface area (Å²) in [4.78, 5) is 0. The number of rotatable bonds is 5. The largest absolute Gasteiger partial charge is 0.417 e. The van der Waals surface area contributed by atoms with Crippen molar-refractivity contribution >= 4 is 24.2 Å². The third-order valence-corrected chi connectivity index (χ3v) is 8.97. The standard InChI is InChI=1S/C12H25BrOSi/c1-12(2,3)15(4,5)14-9-11-8-10(11)6-7-13/h10-11H,6-9H2,1-5H3. The van der Waals surface area contributed by atoms with E-state index in [0.717, 1.165) is 23.8 Å². The van der Waals surface area contributed by atoms with Crippen LogP contribution in [0.4, 0.5) is 0 Å². The molecule has 3 heteroatoms. The van der Waals surface area contributed by atoms with Gasteiger partial charge in [0, 0.05) is 11.9 Å². The molecule has 0 aromatic heterocycles. The highest BCUT2D eigenvalue weighted by Crippen LogP contribution is 2.44. The number of hydrogen-bond acceptors (Lipinski definition) is 1. The van der Waals surface area contributed by atoms with Crippen LogP contribution < -0.4 is 0 Å². The lowest BCUT2D eigenvalue weighted by Gasteiger charge is -2.36. The third-order valence-electron chi connectivity index (χ3n) is 4.01. The van der Waals surface area contributed by atoms with Gasteiger partial charge in [-0.3, -0.25) is 0 Å². The third kappa shape index (κ3) is 3.86. The van der Waals surface area contributed by atoms with E-state index in [1.165, 1.54) is 12.8 Å². The van der Waals surface area contributed by atoms with Gasteiger partial charge in [-0.15, -0.1) is 0 Å². The summed E-state index contributed by atoms with van der Waals surface area (Å²) in [5.74, 6) is 1.80. The summed E-state index contributed by atoms with van der Waals surface area (Å²) < 4.78 is 6.22. The first-order valence-corrected chi connectivity index (χ1v) is 10.0. The Balaban J connectivity index is 2.26. The summed E-state index contributed by atoms with van der Waals surface area (Å²) >= 11 is 3.51. The molecule has 1 fully saturated rings. The first-order chi connectivity index (χ1) is 6.78. The van der Waals surface area contributed by atoms with Crippen molar-refractivity contribution in [2.24, 2.45) is 11.8 Å². The van der Waals surface area contributed by atoms with E-state index in [9.17, 15) is 0 Å². The Morgan fingerprint density at radius 2 is 1.87 bits per heavy atom. The fraction of sp³-hybridized carbons (Fsp3) is 1.00. The number of hydrogen-bond donors (Lipinski definition) is 0. The zero-order valence-electron chi connectivity index (χ0n) is 10.8. The maximum atomic E-state index is 6.22. The first kappa shape index (κ1) is 13.7. The highest BCUT2D eigenvalue weighted by Gasteiger charge is 2.41. The van der Waals surface area contributed by atoms with Crippen LogP contribution in [0.15, 0.2) is 0 Å². The summed E-state index contributed by atoms with van der Waals surface area (Å²) in [5.41, 5.74) is 0. The maximum absolute atomic E-state index is 6.22. The minimum Gasteiger partial charge on any atom is -0.417 e. The number of halogens is 1. The predicted molar refractivity (Wildman–Crippen MR) is 73.2 cm³/mol. The Morgan fingerprint density at radius 1 is 1.27 bits per heavy atom. The van der Waals surface area contributed by atoms with E-state index in [4.69, 9.17) is 4.43 Å². The Labute approximate surface area is 104 Å². The lowest BCUT2D eigenvalue weighted by atomic mass is 10.2. The van der Waals surface area contributed by atoms with E-state index in [1.54, 1.807) is 0 Å². The molecule has 15 heavy (non-hydrogen) atoms. The molecule has 1 aliphatic carbocycles. The fourth-order valence-corrected chi connectivity index (χ4v) is 3.19. The molecule has 1 saturated carbocycles. The highest BCUT2D eigenvalue weighted by atomic mass is 79.9. The van der Waals surface area contributed by atoms with Gasteiger partial charge in [0.2, 0.25) is 0 Å². The van der Waals surface area contributed by atoms with Crippen LogP contribution in [0.2, 0.25) is 18.1 Å². The molecular weight excluding hydrogens is 268 g/mol. The first-order valence-electron chi connectivity index (χ1n) is 5.98. The van der Waals surface area contributed by atoms with Gasteiger partial charge in [0.25, 0.3) is 0 Å². The summed E-state index contributed by atoms with van der Waals surface area (Å²) in [6, 6.07) is 0. The van der Waals surface area contributed by atoms with Crippen molar-refractivity contribution in [1.82, 2.24) is 0 Å². The lowest BCUT2D eigenvalue weighted by molar-refractivity contribution is 0.265. The second kappa shape index (κ2) is 4.88. The van der Waals surface area contributed by atoms with Crippen molar-refractivity contribution in [2.75, 3.05) is 11.9 Å². The second-order valence-corrected chi connectivity index (χ2v) is 11.9. The molecule has 1 aliphatic rings. The smallest absolute Gasteiger partial charge is 0.191 e. The molecule has 0 spiro atoms. The molecule has 1 rings (SSSR count). The van der Waals surface area contributed by atoms with Gasteiger partial charge >= 0.3 is 0 Å². The molecule has 1 nitrogen and oxygen atoms in total. The van der Waals surface area contributed by atoms with Crippen molar-refractivity contribution in [3.63, 3.8) is 0 Å². The Kier molecular flexibility index (Phi) is 4.47. The maximum Gasteiger partial charge on any atom is 0.191 e. The minimum absolute atomic E-state index is 0.354. The zero-order valence-corrected chi connectivity index (χ0v) is 13.4. The van der Waals surface area contributed by atoms with Crippen LogP contribution in [0.3, 0.4) is 0 Å². The Morgan fingerprint density at radius 3 is 2.33 bits per heavy atom. The summed E-state index contributed by atoms with van der Waals surface area (Å²) in [7, 11) is -1.49. The van der Waals surface area contributed by atoms with Gasteiger partial charge in [-0.05, 0) is 42.8 Å². The van der Waals surface area contributed by atoms with E-state index >= 15 is 0 Å². The van der Waals surface area contributed by atoms with Crippen molar-refractivity contribution < 1.29 is 4.43 Å². The van der Waals surface area contributed by atoms with E-state index in [1.807, 2.05) is 0 Å². The molecule has 0 heterocycles. The van der Waals surface area contributed by atoms with Gasteiger partial charge < -0.3 is 4.43 Å². The topological polar surface area (TPSA) is 9.23 Å². The summed E-state index contributed by atoms with van der Waals surface area (Å²) in [6.45, 7) is 12.6. The highest BCUT2D eigenvalue weighted by molar-refractivity contribution is 9.09. The average Bonchev–Trinajstić information content (AvgIpc) is 2.79. The minimum atomic E-state index is -1.49. The molecule has 0 radical (unpaired) electrons. The SMILES string of the molecule is CC(C)(C)[Si](C)(C)OCC1CC1CCBr. The molecule has 0 N–H and O–H groups in total. The van der Waals surface area contributed by atoms with Crippen LogP contribution in [0.1, 0.15) is 33.6 Å². The quantitative estimate of drug-likeness (QED) is 0.538. The molecule has 90 valence electrons. The van der Waals surface area contributed by atoms with Crippen molar-refractivity contribution in [1.29, 1.82) is 0 Å². The van der Waals surface area contributed by atoms with Gasteiger partial charge in [-0.2, -0.15) is 0 Å². The Hall–Kier alpha value is 0.657. The van der Waals surface area contributed by atoms with E-state index in [0.29, 0.717) is 5.04 Å². The van der Waals surface area contributed by atoms with Crippen LogP contribution >= 0.6 is 15.9 Å². The van der Waals surface area contributed by atoms with Gasteiger partial charge in [0.05, 0.1) is 0 Å². The monoisotopic (exact) mass is 292 g/mol. The van der Waals surface area contributed by atoms with Crippen molar-refractivity contribution in [3.8, 4) is 0 Å². The van der Waals surface area contributed by atoms with E-state index in [2.05, 4.69) is 49.8 Å². The van der Waals surface area contributed by atoms with Crippen LogP contribution in [-0.2, 0) is 4.43 Å². The average molecular weight is 293 g/mol. The van der Waals surface area contributed by atoms with Gasteiger partial charge in [-0.1, -0.05) is 36.7 Å². The van der Waals surface area contributed by atoms with E-state index < -0.39 is 8.32 Å². The summed E-state index contributed by atoms with van der Waals surface area (Å²) in [6.07, 6.45) is 2.71. The van der Waals surface area contributed by atoms with Crippen LogP contribution in [0.25, 0.3) is 0 Å². The molecule has 0 saturated heterocycles. The molecule has 0 aliphatic heterocycles. The number of alkyl halides is 1. The summed E-state index contributed by atoms with van der Waals surface area (Å²) in [5, 5.41) is 1.50. The molecule has 2 unspecified atom stereocenters. The van der Waals surface area contributed by atoms with Gasteiger partial charge in [0.1, 0.15) is 0 Å². The van der Waals surface area contributed by atoms with Crippen LogP contribution in [0, 0.1) is 11.8 Å². The molecule has 0 aromatic carbocycles. The fourth-order valence-electron chi connectivity index (χ4n) is 1.54. The lowest BCUT2D eigenvalue weighted by Crippen LogP contribution is -2.41. The molecule has 2 atom stereocenters. The predicted octanol–water partition coefficient (Wildman–Crippen LogP) is 4.43. The second-order valence-electron chi connectivity index (χ2n) is 6.30. The molecule has 0 aromatic rings.